The average molecular weight is 398 g/mol. The first-order valence-electron chi connectivity index (χ1n) is 9.44. The summed E-state index contributed by atoms with van der Waals surface area (Å²) in [5.74, 6) is 0.350. The Kier molecular flexibility index (Phi) is 7.79. The fourth-order valence-electron chi connectivity index (χ4n) is 3.12. The van der Waals surface area contributed by atoms with E-state index in [2.05, 4.69) is 13.8 Å². The fraction of sp³-hybridized carbons (Fsp3) is 0.632. The number of amides is 1. The molecule has 27 heavy (non-hydrogen) atoms. The molecule has 1 fully saturated rings. The summed E-state index contributed by atoms with van der Waals surface area (Å²) in [5, 5.41) is 0. The van der Waals surface area contributed by atoms with Gasteiger partial charge in [0, 0.05) is 39.8 Å². The first-order valence-corrected chi connectivity index (χ1v) is 10.9. The molecule has 1 aliphatic heterocycles. The van der Waals surface area contributed by atoms with Crippen LogP contribution in [0, 0.1) is 0 Å². The molecule has 8 heteroatoms. The van der Waals surface area contributed by atoms with Crippen molar-refractivity contribution in [3.05, 3.63) is 29.8 Å². The minimum atomic E-state index is -3.54. The Bertz CT molecular complexity index is 709. The highest BCUT2D eigenvalue weighted by atomic mass is 32.2. The molecule has 2 N–H and O–H groups in total. The monoisotopic (exact) mass is 397 g/mol. The molecule has 0 spiro atoms. The Balaban J connectivity index is 1.99. The van der Waals surface area contributed by atoms with Crippen molar-refractivity contribution in [1.82, 2.24) is 9.21 Å². The van der Waals surface area contributed by atoms with Crippen molar-refractivity contribution < 1.29 is 17.9 Å². The molecule has 2 unspecified atom stereocenters. The predicted molar refractivity (Wildman–Crippen MR) is 105 cm³/mol. The van der Waals surface area contributed by atoms with Crippen molar-refractivity contribution in [3.63, 3.8) is 0 Å². The van der Waals surface area contributed by atoms with Crippen LogP contribution in [0.3, 0.4) is 0 Å². The van der Waals surface area contributed by atoms with E-state index in [1.807, 2.05) is 12.1 Å². The number of carbonyl (C=O) groups excluding carboxylic acids is 1. The van der Waals surface area contributed by atoms with E-state index in [0.717, 1.165) is 12.0 Å². The van der Waals surface area contributed by atoms with Gasteiger partial charge in [0.15, 0.2) is 0 Å². The second kappa shape index (κ2) is 9.64. The molecule has 0 aromatic heterocycles. The van der Waals surface area contributed by atoms with E-state index < -0.39 is 10.0 Å². The number of methoxy groups -OCH3 is 1. The molecule has 1 aliphatic rings. The molecule has 1 heterocycles. The van der Waals surface area contributed by atoms with E-state index in [1.54, 1.807) is 17.0 Å². The molecule has 1 saturated heterocycles. The Hall–Kier alpha value is -1.48. The van der Waals surface area contributed by atoms with Gasteiger partial charge < -0.3 is 15.4 Å². The highest BCUT2D eigenvalue weighted by molar-refractivity contribution is 7.89. The minimum absolute atomic E-state index is 0.0535. The van der Waals surface area contributed by atoms with Gasteiger partial charge in [-0.3, -0.25) is 4.79 Å². The standard InChI is InChI=1S/C19H31N3O4S/c1-4-15(2)16-5-7-18(8-6-16)27(24,25)22-11-9-21(10-12-22)19(23)13-17(14-20)26-3/h5-8,15,17H,4,9-14,20H2,1-3H3. The zero-order chi connectivity index (χ0) is 20.0. The van der Waals surface area contributed by atoms with Gasteiger partial charge in [0.2, 0.25) is 15.9 Å². The second-order valence-corrected chi connectivity index (χ2v) is 8.90. The maximum absolute atomic E-state index is 12.9. The molecule has 0 bridgehead atoms. The number of nitrogens with two attached hydrogens (primary N) is 1. The van der Waals surface area contributed by atoms with Crippen LogP contribution in [0.15, 0.2) is 29.2 Å². The quantitative estimate of drug-likeness (QED) is 0.716. The number of ether oxygens (including phenoxy) is 1. The van der Waals surface area contributed by atoms with Crippen molar-refractivity contribution in [2.45, 2.75) is 43.6 Å². The van der Waals surface area contributed by atoms with Crippen molar-refractivity contribution in [1.29, 1.82) is 0 Å². The minimum Gasteiger partial charge on any atom is -0.380 e. The van der Waals surface area contributed by atoms with E-state index in [-0.39, 0.29) is 25.0 Å². The van der Waals surface area contributed by atoms with Gasteiger partial charge in [0.05, 0.1) is 17.4 Å². The van der Waals surface area contributed by atoms with E-state index >= 15 is 0 Å². The average Bonchev–Trinajstić information content (AvgIpc) is 2.71. The van der Waals surface area contributed by atoms with Gasteiger partial charge in [-0.25, -0.2) is 8.42 Å². The summed E-state index contributed by atoms with van der Waals surface area (Å²) in [6, 6.07) is 7.13. The van der Waals surface area contributed by atoms with Gasteiger partial charge >= 0.3 is 0 Å². The van der Waals surface area contributed by atoms with Crippen LogP contribution in [0.5, 0.6) is 0 Å². The van der Waals surface area contributed by atoms with Gasteiger partial charge in [0.25, 0.3) is 0 Å². The van der Waals surface area contributed by atoms with Crippen molar-refractivity contribution in [2.75, 3.05) is 39.8 Å². The lowest BCUT2D eigenvalue weighted by Gasteiger charge is -2.34. The summed E-state index contributed by atoms with van der Waals surface area (Å²) in [6.07, 6.45) is 0.927. The van der Waals surface area contributed by atoms with Crippen molar-refractivity contribution in [3.8, 4) is 0 Å². The van der Waals surface area contributed by atoms with Crippen LogP contribution in [0.1, 0.15) is 38.2 Å². The normalized spacial score (nSPS) is 18.3. The summed E-state index contributed by atoms with van der Waals surface area (Å²) in [7, 11) is -2.01. The number of hydrogen-bond acceptors (Lipinski definition) is 5. The number of rotatable bonds is 8. The molecule has 2 rings (SSSR count). The molecular formula is C19H31N3O4S. The molecule has 2 atom stereocenters. The molecule has 1 aromatic rings. The lowest BCUT2D eigenvalue weighted by atomic mass is 9.99. The number of hydrogen-bond donors (Lipinski definition) is 1. The van der Waals surface area contributed by atoms with E-state index in [4.69, 9.17) is 10.5 Å². The summed E-state index contributed by atoms with van der Waals surface area (Å²) in [5.41, 5.74) is 6.70. The first-order chi connectivity index (χ1) is 12.8. The van der Waals surface area contributed by atoms with Gasteiger partial charge in [-0.05, 0) is 30.0 Å². The third-order valence-corrected chi connectivity index (χ3v) is 7.20. The Labute approximate surface area is 162 Å². The molecule has 1 amide bonds. The molecule has 152 valence electrons. The van der Waals surface area contributed by atoms with Crippen LogP contribution in [-0.4, -0.2) is 69.5 Å². The lowest BCUT2D eigenvalue weighted by Crippen LogP contribution is -2.51. The maximum Gasteiger partial charge on any atom is 0.243 e. The Morgan fingerprint density at radius 1 is 1.19 bits per heavy atom. The summed E-state index contributed by atoms with van der Waals surface area (Å²) in [4.78, 5) is 14.3. The van der Waals surface area contributed by atoms with Gasteiger partial charge in [-0.1, -0.05) is 26.0 Å². The molecule has 0 saturated carbocycles. The molecule has 7 nitrogen and oxygen atoms in total. The van der Waals surface area contributed by atoms with Crippen molar-refractivity contribution >= 4 is 15.9 Å². The first kappa shape index (κ1) is 21.8. The van der Waals surface area contributed by atoms with Crippen LogP contribution in [0.4, 0.5) is 0 Å². The van der Waals surface area contributed by atoms with Crippen LogP contribution in [0.2, 0.25) is 0 Å². The maximum atomic E-state index is 12.9. The number of sulfonamides is 1. The van der Waals surface area contributed by atoms with E-state index in [0.29, 0.717) is 37.0 Å². The summed E-state index contributed by atoms with van der Waals surface area (Å²) < 4.78 is 32.3. The summed E-state index contributed by atoms with van der Waals surface area (Å²) in [6.45, 7) is 5.86. The van der Waals surface area contributed by atoms with E-state index in [1.165, 1.54) is 11.4 Å². The third-order valence-electron chi connectivity index (χ3n) is 5.29. The van der Waals surface area contributed by atoms with Crippen LogP contribution in [0.25, 0.3) is 0 Å². The second-order valence-electron chi connectivity index (χ2n) is 6.96. The highest BCUT2D eigenvalue weighted by Crippen LogP contribution is 2.23. The van der Waals surface area contributed by atoms with Gasteiger partial charge in [0.1, 0.15) is 0 Å². The largest absolute Gasteiger partial charge is 0.380 e. The number of nitrogens with zero attached hydrogens (tertiary/aromatic N) is 2. The van der Waals surface area contributed by atoms with Gasteiger partial charge in [-0.15, -0.1) is 0 Å². The third kappa shape index (κ3) is 5.28. The predicted octanol–water partition coefficient (Wildman–Crippen LogP) is 1.40. The number of piperazine rings is 1. The van der Waals surface area contributed by atoms with E-state index in [9.17, 15) is 13.2 Å². The molecular weight excluding hydrogens is 366 g/mol. The zero-order valence-electron chi connectivity index (χ0n) is 16.4. The molecule has 0 aliphatic carbocycles. The SMILES string of the molecule is CCC(C)c1ccc(S(=O)(=O)N2CCN(C(=O)CC(CN)OC)CC2)cc1. The molecule has 1 aromatic carbocycles. The smallest absolute Gasteiger partial charge is 0.243 e. The van der Waals surface area contributed by atoms with Crippen LogP contribution < -0.4 is 5.73 Å². The Morgan fingerprint density at radius 2 is 1.78 bits per heavy atom. The summed E-state index contributed by atoms with van der Waals surface area (Å²) >= 11 is 0. The van der Waals surface area contributed by atoms with Crippen molar-refractivity contribution in [2.24, 2.45) is 5.73 Å². The lowest BCUT2D eigenvalue weighted by molar-refractivity contribution is -0.134. The zero-order valence-corrected chi connectivity index (χ0v) is 17.2. The van der Waals surface area contributed by atoms with Crippen LogP contribution in [-0.2, 0) is 19.6 Å². The topological polar surface area (TPSA) is 92.9 Å². The fourth-order valence-corrected chi connectivity index (χ4v) is 4.54. The number of carbonyl (C=O) groups is 1. The molecule has 0 radical (unpaired) electrons. The number of benzene rings is 1. The van der Waals surface area contributed by atoms with Crippen LogP contribution >= 0.6 is 0 Å². The Morgan fingerprint density at radius 3 is 2.26 bits per heavy atom. The van der Waals surface area contributed by atoms with Gasteiger partial charge in [-0.2, -0.15) is 4.31 Å². The highest BCUT2D eigenvalue weighted by Gasteiger charge is 2.30.